The average Bonchev–Trinajstić information content (AvgIpc) is 2.55. The molecule has 0 aliphatic carbocycles. The molecule has 0 radical (unpaired) electrons. The molecule has 122 valence electrons. The lowest BCUT2D eigenvalue weighted by atomic mass is 10.3. The van der Waals surface area contributed by atoms with E-state index in [2.05, 4.69) is 23.9 Å². The van der Waals surface area contributed by atoms with Crippen LogP contribution < -0.4 is 10.1 Å². The first kappa shape index (κ1) is 21.7. The Kier molecular flexibility index (Phi) is 19.1. The van der Waals surface area contributed by atoms with Crippen LogP contribution in [-0.2, 0) is 9.53 Å². The van der Waals surface area contributed by atoms with Crippen molar-refractivity contribution in [1.29, 1.82) is 0 Å². The second-order valence-corrected chi connectivity index (χ2v) is 4.30. The Hall–Kier alpha value is -1.55. The van der Waals surface area contributed by atoms with E-state index in [0.29, 0.717) is 13.0 Å². The van der Waals surface area contributed by atoms with E-state index in [1.54, 1.807) is 14.2 Å². The zero-order valence-corrected chi connectivity index (χ0v) is 14.1. The molecule has 0 aliphatic rings. The summed E-state index contributed by atoms with van der Waals surface area (Å²) < 4.78 is 9.29. The smallest absolute Gasteiger partial charge is 0.306 e. The van der Waals surface area contributed by atoms with E-state index >= 15 is 0 Å². The molecule has 0 saturated carbocycles. The lowest BCUT2D eigenvalue weighted by molar-refractivity contribution is -0.140. The first-order valence-electron chi connectivity index (χ1n) is 7.46. The second-order valence-electron chi connectivity index (χ2n) is 4.30. The van der Waals surface area contributed by atoms with Gasteiger partial charge < -0.3 is 14.8 Å². The van der Waals surface area contributed by atoms with Gasteiger partial charge in [-0.1, -0.05) is 51.3 Å². The van der Waals surface area contributed by atoms with Gasteiger partial charge in [0.05, 0.1) is 20.6 Å². The van der Waals surface area contributed by atoms with Crippen LogP contribution >= 0.6 is 0 Å². The van der Waals surface area contributed by atoms with E-state index in [9.17, 15) is 4.79 Å². The number of carbonyl (C=O) groups excluding carboxylic acids is 1. The van der Waals surface area contributed by atoms with Crippen LogP contribution in [0.1, 0.15) is 39.5 Å². The van der Waals surface area contributed by atoms with Crippen LogP contribution in [0.5, 0.6) is 5.75 Å². The highest BCUT2D eigenvalue weighted by Gasteiger charge is 1.94. The molecule has 21 heavy (non-hydrogen) atoms. The van der Waals surface area contributed by atoms with Crippen LogP contribution in [-0.4, -0.2) is 33.8 Å². The van der Waals surface area contributed by atoms with Crippen LogP contribution in [0.3, 0.4) is 0 Å². The quantitative estimate of drug-likeness (QED) is 0.814. The van der Waals surface area contributed by atoms with Gasteiger partial charge >= 0.3 is 5.97 Å². The van der Waals surface area contributed by atoms with Crippen LogP contribution in [0, 0.1) is 0 Å². The molecule has 0 spiro atoms. The van der Waals surface area contributed by atoms with Crippen LogP contribution in [0.2, 0.25) is 0 Å². The summed E-state index contributed by atoms with van der Waals surface area (Å²) in [5.74, 6) is 0.742. The molecule has 0 saturated heterocycles. The number of unbranched alkanes of at least 4 members (excludes halogenated alkanes) is 2. The van der Waals surface area contributed by atoms with Crippen molar-refractivity contribution in [2.45, 2.75) is 39.5 Å². The zero-order chi connectivity index (χ0) is 16.3. The van der Waals surface area contributed by atoms with Gasteiger partial charge in [-0.3, -0.25) is 4.79 Å². The maximum absolute atomic E-state index is 10.3. The average molecular weight is 297 g/mol. The molecular formula is C17H31NO3. The van der Waals surface area contributed by atoms with E-state index in [1.807, 2.05) is 30.3 Å². The van der Waals surface area contributed by atoms with E-state index in [4.69, 9.17) is 4.74 Å². The van der Waals surface area contributed by atoms with Gasteiger partial charge in [-0.15, -0.1) is 0 Å². The Balaban J connectivity index is 0. The number of benzene rings is 1. The first-order valence-corrected chi connectivity index (χ1v) is 7.46. The highest BCUT2D eigenvalue weighted by molar-refractivity contribution is 5.69. The molecule has 0 amide bonds. The maximum Gasteiger partial charge on any atom is 0.306 e. The number of nitrogens with one attached hydrogen (secondary N) is 1. The van der Waals surface area contributed by atoms with Gasteiger partial charge in [0.25, 0.3) is 0 Å². The lowest BCUT2D eigenvalue weighted by Crippen LogP contribution is -2.13. The van der Waals surface area contributed by atoms with Crippen molar-refractivity contribution in [1.82, 2.24) is 5.32 Å². The predicted molar refractivity (Wildman–Crippen MR) is 88.8 cm³/mol. The molecule has 0 unspecified atom stereocenters. The number of rotatable bonds is 6. The molecule has 1 aromatic carbocycles. The summed E-state index contributed by atoms with van der Waals surface area (Å²) in [6.45, 7) is 5.11. The molecule has 1 aromatic rings. The van der Waals surface area contributed by atoms with Crippen molar-refractivity contribution < 1.29 is 14.3 Å². The molecule has 0 fully saturated rings. The summed E-state index contributed by atoms with van der Waals surface area (Å²) >= 11 is 0. The predicted octanol–water partition coefficient (Wildman–Crippen LogP) is 3.66. The minimum atomic E-state index is -0.167. The van der Waals surface area contributed by atoms with E-state index in [0.717, 1.165) is 5.75 Å². The minimum absolute atomic E-state index is 0.167. The van der Waals surface area contributed by atoms with Gasteiger partial charge in [0, 0.05) is 6.54 Å². The molecule has 0 bridgehead atoms. The fraction of sp³-hybridized carbons (Fsp3) is 0.588. The molecule has 1 rings (SSSR count). The maximum atomic E-state index is 10.3. The molecule has 0 atom stereocenters. The highest BCUT2D eigenvalue weighted by Crippen LogP contribution is 2.05. The zero-order valence-electron chi connectivity index (χ0n) is 14.1. The fourth-order valence-corrected chi connectivity index (χ4v) is 1.24. The highest BCUT2D eigenvalue weighted by atomic mass is 16.5. The Labute approximate surface area is 129 Å². The van der Waals surface area contributed by atoms with Gasteiger partial charge in [0.15, 0.2) is 0 Å². The number of esters is 1. The molecular weight excluding hydrogens is 266 g/mol. The third kappa shape index (κ3) is 18.4. The van der Waals surface area contributed by atoms with Crippen molar-refractivity contribution in [3.8, 4) is 5.75 Å². The summed E-state index contributed by atoms with van der Waals surface area (Å²) in [4.78, 5) is 10.3. The number of carbonyl (C=O) groups is 1. The van der Waals surface area contributed by atoms with E-state index in [1.165, 1.54) is 26.4 Å². The topological polar surface area (TPSA) is 47.6 Å². The van der Waals surface area contributed by atoms with Crippen molar-refractivity contribution >= 4 is 5.97 Å². The van der Waals surface area contributed by atoms with E-state index < -0.39 is 0 Å². The first-order chi connectivity index (χ1) is 10.2. The number of hydrogen-bond acceptors (Lipinski definition) is 4. The third-order valence-corrected chi connectivity index (χ3v) is 2.49. The monoisotopic (exact) mass is 297 g/mol. The summed E-state index contributed by atoms with van der Waals surface area (Å²) in [5.41, 5.74) is 0. The third-order valence-electron chi connectivity index (χ3n) is 2.49. The number of ether oxygens (including phenoxy) is 2. The number of para-hydroxylation sites is 1. The Morgan fingerprint density at radius 1 is 1.10 bits per heavy atom. The molecule has 0 heterocycles. The normalized spacial score (nSPS) is 8.62. The molecule has 1 N–H and O–H groups in total. The van der Waals surface area contributed by atoms with E-state index in [-0.39, 0.29) is 5.97 Å². The summed E-state index contributed by atoms with van der Waals surface area (Å²) in [5, 5.41) is 2.83. The Morgan fingerprint density at radius 3 is 1.95 bits per heavy atom. The van der Waals surface area contributed by atoms with Gasteiger partial charge in [-0.05, 0) is 19.2 Å². The summed E-state index contributed by atoms with van der Waals surface area (Å²) in [6.07, 6.45) is 4.53. The number of methoxy groups -OCH3 is 2. The number of hydrogen-bond donors (Lipinski definition) is 1. The standard InChI is InChI=1S/C7H8O.C5H11NO2.C5H12/c1-8-7-5-3-2-4-6-7;1-6-4-3-5(7)8-2;1-3-5-4-2/h2-6H,1H3;6H,3-4H2,1-2H3;3-5H2,1-2H3. The SMILES string of the molecule is CCCCC.CNCCC(=O)OC.COc1ccccc1. The molecule has 0 aromatic heterocycles. The van der Waals surface area contributed by atoms with Crippen molar-refractivity contribution in [2.24, 2.45) is 0 Å². The Morgan fingerprint density at radius 2 is 1.67 bits per heavy atom. The van der Waals surface area contributed by atoms with Gasteiger partial charge in [-0.2, -0.15) is 0 Å². The Bertz CT molecular complexity index is 313. The molecule has 4 heteroatoms. The van der Waals surface area contributed by atoms with Crippen molar-refractivity contribution in [3.63, 3.8) is 0 Å². The van der Waals surface area contributed by atoms with Gasteiger partial charge in [0.2, 0.25) is 0 Å². The van der Waals surface area contributed by atoms with Crippen molar-refractivity contribution in [2.75, 3.05) is 27.8 Å². The molecule has 4 nitrogen and oxygen atoms in total. The summed E-state index contributed by atoms with van der Waals surface area (Å²) in [7, 11) is 4.84. The second kappa shape index (κ2) is 18.4. The minimum Gasteiger partial charge on any atom is -0.497 e. The van der Waals surface area contributed by atoms with Gasteiger partial charge in [0.1, 0.15) is 5.75 Å². The van der Waals surface area contributed by atoms with Crippen molar-refractivity contribution in [3.05, 3.63) is 30.3 Å². The largest absolute Gasteiger partial charge is 0.497 e. The van der Waals surface area contributed by atoms with Crippen LogP contribution in [0.15, 0.2) is 30.3 Å². The molecule has 0 aliphatic heterocycles. The fourth-order valence-electron chi connectivity index (χ4n) is 1.24. The summed E-state index contributed by atoms with van der Waals surface area (Å²) in [6, 6.07) is 9.68. The van der Waals surface area contributed by atoms with Crippen LogP contribution in [0.4, 0.5) is 0 Å². The van der Waals surface area contributed by atoms with Gasteiger partial charge in [-0.25, -0.2) is 0 Å². The lowest BCUT2D eigenvalue weighted by Gasteiger charge is -1.95. The van der Waals surface area contributed by atoms with Crippen LogP contribution in [0.25, 0.3) is 0 Å².